The molecule has 1 aliphatic rings. The molecule has 2 aromatic rings. The largest absolute Gasteiger partial charge is 0.444 e. The van der Waals surface area contributed by atoms with E-state index < -0.39 is 10.0 Å². The third kappa shape index (κ3) is 3.40. The Hall–Kier alpha value is -1.64. The number of furan rings is 1. The van der Waals surface area contributed by atoms with Crippen LogP contribution in [0.5, 0.6) is 0 Å². The molecule has 24 heavy (non-hydrogen) atoms. The summed E-state index contributed by atoms with van der Waals surface area (Å²) in [6.07, 6.45) is 0. The quantitative estimate of drug-likeness (QED) is 0.776. The monoisotopic (exact) mass is 412 g/mol. The average molecular weight is 413 g/mol. The zero-order chi connectivity index (χ0) is 17.3. The molecule has 1 aromatic heterocycles. The normalized spacial score (nSPS) is 16.3. The maximum Gasteiger partial charge on any atom is 0.289 e. The van der Waals surface area contributed by atoms with E-state index in [4.69, 9.17) is 4.42 Å². The molecule has 6 nitrogen and oxygen atoms in total. The minimum absolute atomic E-state index is 0.229. The van der Waals surface area contributed by atoms with Gasteiger partial charge in [0.2, 0.25) is 10.0 Å². The molecule has 1 aliphatic heterocycles. The van der Waals surface area contributed by atoms with Crippen molar-refractivity contribution < 1.29 is 17.6 Å². The maximum atomic E-state index is 12.6. The predicted octanol–water partition coefficient (Wildman–Crippen LogP) is 2.50. The highest BCUT2D eigenvalue weighted by molar-refractivity contribution is 9.10. The number of hydrogen-bond donors (Lipinski definition) is 0. The van der Waals surface area contributed by atoms with E-state index in [0.717, 1.165) is 5.56 Å². The summed E-state index contributed by atoms with van der Waals surface area (Å²) in [7, 11) is -3.52. The van der Waals surface area contributed by atoms with Crippen LogP contribution in [0, 0.1) is 6.92 Å². The van der Waals surface area contributed by atoms with Gasteiger partial charge in [-0.2, -0.15) is 4.31 Å². The first-order valence-corrected chi connectivity index (χ1v) is 9.73. The topological polar surface area (TPSA) is 70.8 Å². The van der Waals surface area contributed by atoms with Gasteiger partial charge in [0.05, 0.1) is 4.90 Å². The second kappa shape index (κ2) is 6.70. The minimum atomic E-state index is -3.52. The molecule has 0 saturated carbocycles. The Balaban J connectivity index is 1.68. The van der Waals surface area contributed by atoms with Crippen LogP contribution in [0.1, 0.15) is 16.1 Å². The van der Waals surface area contributed by atoms with Crippen molar-refractivity contribution in [2.24, 2.45) is 0 Å². The van der Waals surface area contributed by atoms with Crippen molar-refractivity contribution in [1.29, 1.82) is 0 Å². The lowest BCUT2D eigenvalue weighted by Crippen LogP contribution is -2.50. The van der Waals surface area contributed by atoms with Gasteiger partial charge in [0, 0.05) is 26.2 Å². The molecular weight excluding hydrogens is 396 g/mol. The van der Waals surface area contributed by atoms with Crippen LogP contribution in [0.2, 0.25) is 0 Å². The molecule has 128 valence electrons. The van der Waals surface area contributed by atoms with Crippen molar-refractivity contribution in [3.63, 3.8) is 0 Å². The van der Waals surface area contributed by atoms with Gasteiger partial charge in [0.15, 0.2) is 10.4 Å². The first-order valence-electron chi connectivity index (χ1n) is 7.49. The van der Waals surface area contributed by atoms with Gasteiger partial charge in [-0.25, -0.2) is 8.42 Å². The highest BCUT2D eigenvalue weighted by Gasteiger charge is 2.31. The van der Waals surface area contributed by atoms with Crippen molar-refractivity contribution in [1.82, 2.24) is 9.21 Å². The van der Waals surface area contributed by atoms with Crippen LogP contribution < -0.4 is 0 Å². The van der Waals surface area contributed by atoms with Gasteiger partial charge in [-0.05, 0) is 47.1 Å². The molecule has 1 fully saturated rings. The molecule has 2 heterocycles. The number of sulfonamides is 1. The van der Waals surface area contributed by atoms with E-state index in [1.165, 1.54) is 4.31 Å². The summed E-state index contributed by atoms with van der Waals surface area (Å²) >= 11 is 3.17. The molecule has 0 aliphatic carbocycles. The van der Waals surface area contributed by atoms with Crippen LogP contribution in [0.25, 0.3) is 0 Å². The predicted molar refractivity (Wildman–Crippen MR) is 92.2 cm³/mol. The zero-order valence-electron chi connectivity index (χ0n) is 13.1. The second-order valence-electron chi connectivity index (χ2n) is 5.61. The zero-order valence-corrected chi connectivity index (χ0v) is 15.5. The number of hydrogen-bond acceptors (Lipinski definition) is 4. The maximum absolute atomic E-state index is 12.6. The van der Waals surface area contributed by atoms with Crippen molar-refractivity contribution in [3.05, 3.63) is 52.4 Å². The van der Waals surface area contributed by atoms with Gasteiger partial charge in [-0.1, -0.05) is 17.7 Å². The molecule has 1 saturated heterocycles. The summed E-state index contributed by atoms with van der Waals surface area (Å²) in [4.78, 5) is 14.2. The Labute approximate surface area is 149 Å². The molecule has 1 amide bonds. The van der Waals surface area contributed by atoms with Crippen molar-refractivity contribution in [3.8, 4) is 0 Å². The number of carbonyl (C=O) groups excluding carboxylic acids is 1. The lowest BCUT2D eigenvalue weighted by molar-refractivity contribution is 0.0664. The van der Waals surface area contributed by atoms with Crippen LogP contribution in [-0.4, -0.2) is 49.7 Å². The molecule has 1 aromatic carbocycles. The molecule has 8 heteroatoms. The van der Waals surface area contributed by atoms with Crippen LogP contribution in [-0.2, 0) is 10.0 Å². The van der Waals surface area contributed by atoms with E-state index in [-0.39, 0.29) is 29.7 Å². The molecule has 0 atom stereocenters. The Morgan fingerprint density at radius 1 is 1.04 bits per heavy atom. The Bertz CT molecular complexity index is 837. The SMILES string of the molecule is Cc1ccc(S(=O)(=O)N2CCN(C(=O)c3ccc(Br)o3)CC2)cc1. The standard InChI is InChI=1S/C16H17BrN2O4S/c1-12-2-4-13(5-3-12)24(21,22)19-10-8-18(9-11-19)16(20)14-6-7-15(17)23-14/h2-7H,8-11H2,1H3. The molecule has 0 radical (unpaired) electrons. The number of amides is 1. The lowest BCUT2D eigenvalue weighted by Gasteiger charge is -2.33. The molecule has 0 unspecified atom stereocenters. The number of aryl methyl sites for hydroxylation is 1. The number of halogens is 1. The fourth-order valence-electron chi connectivity index (χ4n) is 2.58. The number of piperazine rings is 1. The molecular formula is C16H17BrN2O4S. The molecule has 0 bridgehead atoms. The Morgan fingerprint density at radius 3 is 2.21 bits per heavy atom. The second-order valence-corrected chi connectivity index (χ2v) is 8.33. The summed E-state index contributed by atoms with van der Waals surface area (Å²) in [5.41, 5.74) is 1.01. The van der Waals surface area contributed by atoms with E-state index in [1.54, 1.807) is 41.3 Å². The number of benzene rings is 1. The fraction of sp³-hybridized carbons (Fsp3) is 0.312. The third-order valence-electron chi connectivity index (χ3n) is 3.97. The van der Waals surface area contributed by atoms with E-state index in [9.17, 15) is 13.2 Å². The van der Waals surface area contributed by atoms with Crippen LogP contribution in [0.15, 0.2) is 50.4 Å². The smallest absolute Gasteiger partial charge is 0.289 e. The van der Waals surface area contributed by atoms with Gasteiger partial charge >= 0.3 is 0 Å². The van der Waals surface area contributed by atoms with Crippen LogP contribution in [0.3, 0.4) is 0 Å². The van der Waals surface area contributed by atoms with E-state index in [1.807, 2.05) is 6.92 Å². The molecule has 0 N–H and O–H groups in total. The van der Waals surface area contributed by atoms with Gasteiger partial charge in [-0.15, -0.1) is 0 Å². The Kier molecular flexibility index (Phi) is 4.80. The highest BCUT2D eigenvalue weighted by Crippen LogP contribution is 2.20. The van der Waals surface area contributed by atoms with Gasteiger partial charge < -0.3 is 9.32 Å². The summed E-state index contributed by atoms with van der Waals surface area (Å²) in [5.74, 6) is 0.0183. The Morgan fingerprint density at radius 2 is 1.67 bits per heavy atom. The van der Waals surface area contributed by atoms with Crippen molar-refractivity contribution in [2.45, 2.75) is 11.8 Å². The fourth-order valence-corrected chi connectivity index (χ4v) is 4.30. The third-order valence-corrected chi connectivity index (χ3v) is 6.31. The van der Waals surface area contributed by atoms with E-state index >= 15 is 0 Å². The van der Waals surface area contributed by atoms with Crippen molar-refractivity contribution in [2.75, 3.05) is 26.2 Å². The average Bonchev–Trinajstić information content (AvgIpc) is 3.01. The first kappa shape index (κ1) is 17.2. The number of nitrogens with zero attached hydrogens (tertiary/aromatic N) is 2. The van der Waals surface area contributed by atoms with E-state index in [0.29, 0.717) is 17.8 Å². The molecule has 0 spiro atoms. The highest BCUT2D eigenvalue weighted by atomic mass is 79.9. The molecule has 3 rings (SSSR count). The summed E-state index contributed by atoms with van der Waals surface area (Å²) in [6.45, 7) is 3.12. The van der Waals surface area contributed by atoms with Crippen LogP contribution >= 0.6 is 15.9 Å². The van der Waals surface area contributed by atoms with Crippen LogP contribution in [0.4, 0.5) is 0 Å². The van der Waals surface area contributed by atoms with Crippen molar-refractivity contribution >= 4 is 31.9 Å². The first-order chi connectivity index (χ1) is 11.4. The number of rotatable bonds is 3. The lowest BCUT2D eigenvalue weighted by atomic mass is 10.2. The van der Waals surface area contributed by atoms with E-state index in [2.05, 4.69) is 15.9 Å². The summed E-state index contributed by atoms with van der Waals surface area (Å²) < 4.78 is 32.5. The van der Waals surface area contributed by atoms with Gasteiger partial charge in [-0.3, -0.25) is 4.79 Å². The van der Waals surface area contributed by atoms with Gasteiger partial charge in [0.1, 0.15) is 0 Å². The summed E-state index contributed by atoms with van der Waals surface area (Å²) in [6, 6.07) is 10.0. The minimum Gasteiger partial charge on any atom is -0.444 e. The summed E-state index contributed by atoms with van der Waals surface area (Å²) in [5, 5.41) is 0. The number of carbonyl (C=O) groups is 1. The van der Waals surface area contributed by atoms with Gasteiger partial charge in [0.25, 0.3) is 5.91 Å².